The lowest BCUT2D eigenvalue weighted by molar-refractivity contribution is -0.305. The molecule has 0 spiro atoms. The van der Waals surface area contributed by atoms with Crippen LogP contribution < -0.4 is 0 Å². The molecule has 0 aromatic carbocycles. The molecule has 1 aliphatic heterocycles. The Morgan fingerprint density at radius 1 is 0.559 bits per heavy atom. The lowest BCUT2D eigenvalue weighted by Gasteiger charge is -2.39. The Morgan fingerprint density at radius 3 is 1.56 bits per heavy atom. The van der Waals surface area contributed by atoms with Crippen LogP contribution in [0.25, 0.3) is 0 Å². The minimum atomic E-state index is -1.55. The second kappa shape index (κ2) is 40.8. The fraction of sp³-hybridized carbons (Fsp3) is 0.700. The third-order valence-corrected chi connectivity index (χ3v) is 10.0. The molecule has 0 radical (unpaired) electrons. The standard InChI is InChI=1S/C50H84O9/c1-3-5-7-9-11-13-15-17-19-21-22-23-25-27-29-31-33-35-37-39-46(52)58-44(43-57-50-49(55)48(54)47(53)45(41-51)59-50)42-56-40-38-36-34-32-30-28-26-24-20-18-16-14-12-10-8-6-4-2/h5,7,11,13-14,16-17,19-20,22-24,27,29,44-45,47-51,53-55H,3-4,6,8-10,12,15,18,21,25-26,28,30-43H2,1-2H3/b7-5-,13-11-,16-14-,19-17-,23-22-,24-20-,29-27-. The lowest BCUT2D eigenvalue weighted by Crippen LogP contribution is -2.59. The van der Waals surface area contributed by atoms with Crippen LogP contribution in [0.15, 0.2) is 85.1 Å². The summed E-state index contributed by atoms with van der Waals surface area (Å²) < 4.78 is 22.8. The highest BCUT2D eigenvalue weighted by Crippen LogP contribution is 2.22. The molecule has 4 N–H and O–H groups in total. The summed E-state index contributed by atoms with van der Waals surface area (Å²) in [6.07, 6.45) is 47.5. The Hall–Kier alpha value is -2.63. The van der Waals surface area contributed by atoms with Crippen molar-refractivity contribution >= 4 is 5.97 Å². The van der Waals surface area contributed by atoms with E-state index in [4.69, 9.17) is 18.9 Å². The van der Waals surface area contributed by atoms with E-state index in [0.717, 1.165) is 83.5 Å². The highest BCUT2D eigenvalue weighted by molar-refractivity contribution is 5.69. The van der Waals surface area contributed by atoms with Crippen molar-refractivity contribution in [1.29, 1.82) is 0 Å². The average molecular weight is 829 g/mol. The summed E-state index contributed by atoms with van der Waals surface area (Å²) in [6, 6.07) is 0. The summed E-state index contributed by atoms with van der Waals surface area (Å²) in [5, 5.41) is 40.1. The summed E-state index contributed by atoms with van der Waals surface area (Å²) >= 11 is 0. The van der Waals surface area contributed by atoms with E-state index in [1.165, 1.54) is 51.4 Å². The van der Waals surface area contributed by atoms with E-state index in [1.54, 1.807) is 0 Å². The molecule has 1 saturated heterocycles. The van der Waals surface area contributed by atoms with Gasteiger partial charge in [-0.15, -0.1) is 0 Å². The quantitative estimate of drug-likeness (QED) is 0.0272. The zero-order valence-corrected chi connectivity index (χ0v) is 37.0. The highest BCUT2D eigenvalue weighted by Gasteiger charge is 2.44. The van der Waals surface area contributed by atoms with Crippen LogP contribution in [0.1, 0.15) is 162 Å². The molecule has 0 saturated carbocycles. The number of aliphatic hydroxyl groups is 4. The summed E-state index contributed by atoms with van der Waals surface area (Å²) in [6.45, 7) is 4.34. The van der Waals surface area contributed by atoms with E-state index in [-0.39, 0.29) is 25.6 Å². The first-order valence-electron chi connectivity index (χ1n) is 23.2. The van der Waals surface area contributed by atoms with Gasteiger partial charge in [-0.25, -0.2) is 0 Å². The molecule has 6 atom stereocenters. The molecule has 9 nitrogen and oxygen atoms in total. The van der Waals surface area contributed by atoms with E-state index in [0.29, 0.717) is 13.0 Å². The maximum Gasteiger partial charge on any atom is 0.306 e. The lowest BCUT2D eigenvalue weighted by atomic mass is 9.99. The van der Waals surface area contributed by atoms with Gasteiger partial charge in [-0.2, -0.15) is 0 Å². The number of unbranched alkanes of at least 4 members (excludes halogenated alkanes) is 13. The molecule has 0 bridgehead atoms. The van der Waals surface area contributed by atoms with Gasteiger partial charge in [0.25, 0.3) is 0 Å². The molecule has 0 aromatic rings. The minimum Gasteiger partial charge on any atom is -0.457 e. The Bertz CT molecular complexity index is 1170. The monoisotopic (exact) mass is 829 g/mol. The zero-order valence-electron chi connectivity index (χ0n) is 37.0. The smallest absolute Gasteiger partial charge is 0.306 e. The molecule has 0 aromatic heterocycles. The Morgan fingerprint density at radius 2 is 1.03 bits per heavy atom. The van der Waals surface area contributed by atoms with Gasteiger partial charge in [0, 0.05) is 13.0 Å². The van der Waals surface area contributed by atoms with Crippen molar-refractivity contribution in [1.82, 2.24) is 0 Å². The van der Waals surface area contributed by atoms with Gasteiger partial charge >= 0.3 is 5.97 Å². The van der Waals surface area contributed by atoms with Crippen molar-refractivity contribution in [3.63, 3.8) is 0 Å². The van der Waals surface area contributed by atoms with Crippen LogP contribution >= 0.6 is 0 Å². The van der Waals surface area contributed by atoms with Gasteiger partial charge in [0.2, 0.25) is 0 Å². The van der Waals surface area contributed by atoms with Gasteiger partial charge in [-0.05, 0) is 89.9 Å². The molecule has 9 heteroatoms. The van der Waals surface area contributed by atoms with E-state index in [1.807, 2.05) is 0 Å². The van der Waals surface area contributed by atoms with Crippen molar-refractivity contribution in [3.05, 3.63) is 85.1 Å². The van der Waals surface area contributed by atoms with Gasteiger partial charge in [-0.1, -0.05) is 150 Å². The zero-order chi connectivity index (χ0) is 42.9. The largest absolute Gasteiger partial charge is 0.457 e. The van der Waals surface area contributed by atoms with E-state index < -0.39 is 43.4 Å². The third-order valence-electron chi connectivity index (χ3n) is 10.0. The summed E-state index contributed by atoms with van der Waals surface area (Å²) in [4.78, 5) is 12.8. The number of ether oxygens (including phenoxy) is 4. The third kappa shape index (κ3) is 31.8. The van der Waals surface area contributed by atoms with Crippen LogP contribution in [0.5, 0.6) is 0 Å². The summed E-state index contributed by atoms with van der Waals surface area (Å²) in [5.74, 6) is -0.352. The fourth-order valence-corrected chi connectivity index (χ4v) is 6.43. The van der Waals surface area contributed by atoms with Crippen molar-refractivity contribution in [2.24, 2.45) is 0 Å². The number of carbonyl (C=O) groups is 1. The highest BCUT2D eigenvalue weighted by atomic mass is 16.7. The molecule has 338 valence electrons. The Labute approximate surface area is 359 Å². The molecular formula is C50H84O9. The maximum absolute atomic E-state index is 12.8. The second-order valence-electron chi connectivity index (χ2n) is 15.5. The topological polar surface area (TPSA) is 135 Å². The van der Waals surface area contributed by atoms with E-state index >= 15 is 0 Å². The van der Waals surface area contributed by atoms with Crippen LogP contribution in [0.2, 0.25) is 0 Å². The first-order valence-corrected chi connectivity index (χ1v) is 23.2. The van der Waals surface area contributed by atoms with Crippen molar-refractivity contribution in [2.45, 2.75) is 198 Å². The molecule has 1 fully saturated rings. The minimum absolute atomic E-state index is 0.119. The first-order chi connectivity index (χ1) is 28.9. The Kier molecular flexibility index (Phi) is 37.6. The van der Waals surface area contributed by atoms with Crippen LogP contribution in [-0.2, 0) is 23.7 Å². The van der Waals surface area contributed by atoms with Gasteiger partial charge < -0.3 is 39.4 Å². The summed E-state index contributed by atoms with van der Waals surface area (Å²) in [5.41, 5.74) is 0. The van der Waals surface area contributed by atoms with Crippen molar-refractivity contribution in [2.75, 3.05) is 26.4 Å². The SMILES string of the molecule is CC/C=C\C/C=C\C/C=C\C/C=C\C/C=C\CCCCCC(=O)OC(COCCCCCCCC/C=C\C/C=C\CCCCCC)COC1OC(CO)C(O)C(O)C1O. The number of hydrogen-bond acceptors (Lipinski definition) is 9. The van der Waals surface area contributed by atoms with Crippen LogP contribution in [0, 0.1) is 0 Å². The van der Waals surface area contributed by atoms with Gasteiger partial charge in [0.05, 0.1) is 19.8 Å². The van der Waals surface area contributed by atoms with Gasteiger partial charge in [0.1, 0.15) is 30.5 Å². The van der Waals surface area contributed by atoms with Crippen LogP contribution in [-0.4, -0.2) is 89.6 Å². The molecule has 59 heavy (non-hydrogen) atoms. The number of hydrogen-bond donors (Lipinski definition) is 4. The van der Waals surface area contributed by atoms with E-state index in [2.05, 4.69) is 98.9 Å². The number of allylic oxidation sites excluding steroid dienone is 14. The molecule has 6 unspecified atom stereocenters. The second-order valence-corrected chi connectivity index (χ2v) is 15.5. The molecule has 1 aliphatic rings. The number of esters is 1. The number of rotatable bonds is 38. The average Bonchev–Trinajstić information content (AvgIpc) is 3.24. The fourth-order valence-electron chi connectivity index (χ4n) is 6.43. The predicted octanol–water partition coefficient (Wildman–Crippen LogP) is 10.6. The van der Waals surface area contributed by atoms with Crippen LogP contribution in [0.3, 0.4) is 0 Å². The predicted molar refractivity (Wildman–Crippen MR) is 242 cm³/mol. The van der Waals surface area contributed by atoms with Gasteiger partial charge in [0.15, 0.2) is 6.29 Å². The van der Waals surface area contributed by atoms with Crippen LogP contribution in [0.4, 0.5) is 0 Å². The van der Waals surface area contributed by atoms with E-state index in [9.17, 15) is 25.2 Å². The Balaban J connectivity index is 2.31. The maximum atomic E-state index is 12.8. The van der Waals surface area contributed by atoms with Crippen molar-refractivity contribution in [3.8, 4) is 0 Å². The molecule has 1 heterocycles. The number of carbonyl (C=O) groups excluding carboxylic acids is 1. The molecule has 0 amide bonds. The van der Waals surface area contributed by atoms with Gasteiger partial charge in [-0.3, -0.25) is 4.79 Å². The molecule has 1 rings (SSSR count). The summed E-state index contributed by atoms with van der Waals surface area (Å²) in [7, 11) is 0. The number of aliphatic hydroxyl groups excluding tert-OH is 4. The van der Waals surface area contributed by atoms with Crippen molar-refractivity contribution < 1.29 is 44.2 Å². The first kappa shape index (κ1) is 54.4. The molecular weight excluding hydrogens is 745 g/mol. The normalized spacial score (nSPS) is 20.9. The molecule has 0 aliphatic carbocycles.